The molecule has 0 aromatic heterocycles. The van der Waals surface area contributed by atoms with Gasteiger partial charge in [-0.2, -0.15) is 0 Å². The van der Waals surface area contributed by atoms with Crippen LogP contribution in [0.5, 0.6) is 5.75 Å². The van der Waals surface area contributed by atoms with Crippen LogP contribution in [0.1, 0.15) is 31.7 Å². The highest BCUT2D eigenvalue weighted by atomic mass is 35.5. The maximum atomic E-state index is 6.29. The predicted molar refractivity (Wildman–Crippen MR) is 84.6 cm³/mol. The minimum absolute atomic E-state index is 0.135. The lowest BCUT2D eigenvalue weighted by molar-refractivity contribution is 0.236. The largest absolute Gasteiger partial charge is 0.492 e. The van der Waals surface area contributed by atoms with Crippen LogP contribution in [0.15, 0.2) is 18.2 Å². The molecule has 0 amide bonds. The van der Waals surface area contributed by atoms with E-state index in [1.165, 1.54) is 25.9 Å². The van der Waals surface area contributed by atoms with Crippen molar-refractivity contribution in [3.05, 3.63) is 28.8 Å². The summed E-state index contributed by atoms with van der Waals surface area (Å²) in [7, 11) is 0. The highest BCUT2D eigenvalue weighted by Gasteiger charge is 2.14. The van der Waals surface area contributed by atoms with Crippen LogP contribution in [0.25, 0.3) is 0 Å². The summed E-state index contributed by atoms with van der Waals surface area (Å²) in [6.45, 7) is 6.20. The van der Waals surface area contributed by atoms with Crippen molar-refractivity contribution in [3.8, 4) is 5.75 Å². The van der Waals surface area contributed by atoms with Crippen LogP contribution in [0.2, 0.25) is 5.02 Å². The van der Waals surface area contributed by atoms with Gasteiger partial charge in [-0.05, 0) is 50.9 Å². The number of rotatable bonds is 7. The normalized spacial score (nSPS) is 17.4. The molecular weight excluding hydrogens is 272 g/mol. The molecule has 1 aliphatic rings. The Morgan fingerprint density at radius 3 is 2.80 bits per heavy atom. The van der Waals surface area contributed by atoms with E-state index >= 15 is 0 Å². The smallest absolute Gasteiger partial charge is 0.124 e. The molecule has 112 valence electrons. The van der Waals surface area contributed by atoms with Crippen LogP contribution in [-0.4, -0.2) is 37.2 Å². The van der Waals surface area contributed by atoms with Gasteiger partial charge in [0.05, 0.1) is 0 Å². The van der Waals surface area contributed by atoms with E-state index in [0.29, 0.717) is 6.61 Å². The highest BCUT2D eigenvalue weighted by molar-refractivity contribution is 6.31. The second kappa shape index (κ2) is 7.87. The van der Waals surface area contributed by atoms with Gasteiger partial charge in [-0.3, -0.25) is 4.90 Å². The van der Waals surface area contributed by atoms with Gasteiger partial charge in [-0.1, -0.05) is 24.6 Å². The Bertz CT molecular complexity index is 419. The van der Waals surface area contributed by atoms with E-state index in [9.17, 15) is 0 Å². The number of likely N-dealkylation sites (tertiary alicyclic amines) is 1. The molecule has 0 aliphatic carbocycles. The number of hydrogen-bond donors (Lipinski definition) is 1. The van der Waals surface area contributed by atoms with Gasteiger partial charge >= 0.3 is 0 Å². The second-order valence-electron chi connectivity index (χ2n) is 5.49. The van der Waals surface area contributed by atoms with Gasteiger partial charge in [0.1, 0.15) is 12.4 Å². The fourth-order valence-electron chi connectivity index (χ4n) is 2.57. The van der Waals surface area contributed by atoms with Crippen molar-refractivity contribution < 1.29 is 4.74 Å². The summed E-state index contributed by atoms with van der Waals surface area (Å²) in [5, 5.41) is 0.757. The van der Waals surface area contributed by atoms with Crippen LogP contribution in [0, 0.1) is 0 Å². The summed E-state index contributed by atoms with van der Waals surface area (Å²) in [5.74, 6) is 0.889. The molecule has 1 atom stereocenters. The summed E-state index contributed by atoms with van der Waals surface area (Å²) in [4.78, 5) is 2.45. The summed E-state index contributed by atoms with van der Waals surface area (Å²) >= 11 is 6.29. The number of halogens is 1. The average Bonchev–Trinajstić information content (AvgIpc) is 2.95. The molecule has 1 saturated heterocycles. The Morgan fingerprint density at radius 1 is 1.35 bits per heavy atom. The molecule has 1 unspecified atom stereocenters. The van der Waals surface area contributed by atoms with E-state index in [0.717, 1.165) is 35.7 Å². The molecule has 0 spiro atoms. The number of nitrogens with two attached hydrogens (primary N) is 1. The van der Waals surface area contributed by atoms with Crippen molar-refractivity contribution >= 4 is 11.6 Å². The maximum Gasteiger partial charge on any atom is 0.124 e. The van der Waals surface area contributed by atoms with Gasteiger partial charge in [0.15, 0.2) is 0 Å². The van der Waals surface area contributed by atoms with Crippen LogP contribution in [-0.2, 0) is 6.42 Å². The molecule has 1 aliphatic heterocycles. The van der Waals surface area contributed by atoms with Crippen molar-refractivity contribution in [1.29, 1.82) is 0 Å². The van der Waals surface area contributed by atoms with Gasteiger partial charge in [-0.15, -0.1) is 0 Å². The minimum Gasteiger partial charge on any atom is -0.492 e. The van der Waals surface area contributed by atoms with Crippen molar-refractivity contribution in [1.82, 2.24) is 4.90 Å². The van der Waals surface area contributed by atoms with E-state index in [4.69, 9.17) is 22.1 Å². The molecular formula is C16H25ClN2O. The van der Waals surface area contributed by atoms with Gasteiger partial charge in [-0.25, -0.2) is 0 Å². The summed E-state index contributed by atoms with van der Waals surface area (Å²) in [6, 6.07) is 5.98. The fraction of sp³-hybridized carbons (Fsp3) is 0.625. The third-order valence-electron chi connectivity index (χ3n) is 3.93. The Morgan fingerprint density at radius 2 is 2.10 bits per heavy atom. The topological polar surface area (TPSA) is 38.5 Å². The zero-order chi connectivity index (χ0) is 14.4. The quantitative estimate of drug-likeness (QED) is 0.840. The van der Waals surface area contributed by atoms with E-state index in [2.05, 4.69) is 11.8 Å². The average molecular weight is 297 g/mol. The van der Waals surface area contributed by atoms with Crippen LogP contribution < -0.4 is 10.5 Å². The molecule has 4 heteroatoms. The fourth-order valence-corrected chi connectivity index (χ4v) is 2.81. The molecule has 1 fully saturated rings. The first-order valence-electron chi connectivity index (χ1n) is 7.58. The number of ether oxygens (including phenoxy) is 1. The SMILES string of the molecule is CCC(N)Cc1c(Cl)cccc1OCCN1CCCC1. The molecule has 2 rings (SSSR count). The number of hydrogen-bond acceptors (Lipinski definition) is 3. The first-order valence-corrected chi connectivity index (χ1v) is 7.96. The van der Waals surface area contributed by atoms with E-state index < -0.39 is 0 Å². The minimum atomic E-state index is 0.135. The summed E-state index contributed by atoms with van der Waals surface area (Å²) in [5.41, 5.74) is 7.09. The molecule has 0 radical (unpaired) electrons. The standard InChI is InChI=1S/C16H25ClN2O/c1-2-13(18)12-14-15(17)6-5-7-16(14)20-11-10-19-8-3-4-9-19/h5-7,13H,2-4,8-12,18H2,1H3. The van der Waals surface area contributed by atoms with Crippen molar-refractivity contribution in [2.75, 3.05) is 26.2 Å². The highest BCUT2D eigenvalue weighted by Crippen LogP contribution is 2.28. The van der Waals surface area contributed by atoms with E-state index in [1.807, 2.05) is 18.2 Å². The van der Waals surface area contributed by atoms with E-state index in [1.54, 1.807) is 0 Å². The summed E-state index contributed by atoms with van der Waals surface area (Å²) < 4.78 is 5.94. The molecule has 2 N–H and O–H groups in total. The third-order valence-corrected chi connectivity index (χ3v) is 4.28. The van der Waals surface area contributed by atoms with Crippen LogP contribution >= 0.6 is 11.6 Å². The molecule has 20 heavy (non-hydrogen) atoms. The number of nitrogens with zero attached hydrogens (tertiary/aromatic N) is 1. The Labute approximate surface area is 127 Å². The van der Waals surface area contributed by atoms with Crippen molar-refractivity contribution in [2.45, 2.75) is 38.6 Å². The molecule has 1 aromatic carbocycles. The van der Waals surface area contributed by atoms with Gasteiger partial charge in [0.2, 0.25) is 0 Å². The lowest BCUT2D eigenvalue weighted by Crippen LogP contribution is -2.26. The predicted octanol–water partition coefficient (Wildman–Crippen LogP) is 3.09. The Balaban J connectivity index is 1.93. The molecule has 0 saturated carbocycles. The van der Waals surface area contributed by atoms with Gasteiger partial charge in [0.25, 0.3) is 0 Å². The Hall–Kier alpha value is -0.770. The second-order valence-corrected chi connectivity index (χ2v) is 5.89. The third kappa shape index (κ3) is 4.37. The maximum absolute atomic E-state index is 6.29. The van der Waals surface area contributed by atoms with Crippen LogP contribution in [0.4, 0.5) is 0 Å². The van der Waals surface area contributed by atoms with Crippen LogP contribution in [0.3, 0.4) is 0 Å². The molecule has 0 bridgehead atoms. The molecule has 1 heterocycles. The van der Waals surface area contributed by atoms with E-state index in [-0.39, 0.29) is 6.04 Å². The van der Waals surface area contributed by atoms with Gasteiger partial charge in [0, 0.05) is 23.2 Å². The monoisotopic (exact) mass is 296 g/mol. The van der Waals surface area contributed by atoms with Crippen molar-refractivity contribution in [3.63, 3.8) is 0 Å². The first kappa shape index (κ1) is 15.6. The Kier molecular flexibility index (Phi) is 6.14. The lowest BCUT2D eigenvalue weighted by atomic mass is 10.0. The van der Waals surface area contributed by atoms with Crippen molar-refractivity contribution in [2.24, 2.45) is 5.73 Å². The zero-order valence-corrected chi connectivity index (χ0v) is 13.0. The zero-order valence-electron chi connectivity index (χ0n) is 12.3. The molecule has 3 nitrogen and oxygen atoms in total. The summed E-state index contributed by atoms with van der Waals surface area (Å²) in [6.07, 6.45) is 4.34. The molecule has 1 aromatic rings. The number of benzene rings is 1. The first-order chi connectivity index (χ1) is 9.70. The van der Waals surface area contributed by atoms with Gasteiger partial charge < -0.3 is 10.5 Å². The lowest BCUT2D eigenvalue weighted by Gasteiger charge is -2.18.